The smallest absolute Gasteiger partial charge is 0.408 e. The summed E-state index contributed by atoms with van der Waals surface area (Å²) in [7, 11) is 0. The van der Waals surface area contributed by atoms with Gasteiger partial charge in [0.25, 0.3) is 0 Å². The van der Waals surface area contributed by atoms with Crippen LogP contribution in [0.4, 0.5) is 18.0 Å². The van der Waals surface area contributed by atoms with Crippen LogP contribution in [-0.4, -0.2) is 36.1 Å². The molecule has 0 bridgehead atoms. The van der Waals surface area contributed by atoms with Gasteiger partial charge in [-0.3, -0.25) is 4.79 Å². The molecule has 1 unspecified atom stereocenters. The zero-order valence-electron chi connectivity index (χ0n) is 15.5. The molecule has 1 aromatic carbocycles. The molecule has 1 aromatic rings. The van der Waals surface area contributed by atoms with Crippen LogP contribution < -0.4 is 5.32 Å². The van der Waals surface area contributed by atoms with E-state index in [-0.39, 0.29) is 25.0 Å². The quantitative estimate of drug-likeness (QED) is 0.438. The lowest BCUT2D eigenvalue weighted by atomic mass is 10.0. The topological polar surface area (TPSA) is 81.7 Å². The molecule has 0 saturated heterocycles. The molecule has 0 spiro atoms. The van der Waals surface area contributed by atoms with E-state index in [9.17, 15) is 27.6 Å². The lowest BCUT2D eigenvalue weighted by Crippen LogP contribution is -2.44. The highest BCUT2D eigenvalue weighted by Gasteiger charge is 2.26. The van der Waals surface area contributed by atoms with E-state index >= 15 is 0 Å². The van der Waals surface area contributed by atoms with Gasteiger partial charge in [-0.2, -0.15) is 0 Å². The van der Waals surface area contributed by atoms with Crippen LogP contribution >= 0.6 is 0 Å². The molecule has 0 aliphatic rings. The minimum atomic E-state index is -1.68. The first kappa shape index (κ1) is 22.5. The van der Waals surface area contributed by atoms with E-state index in [0.717, 1.165) is 0 Å². The molecule has 27 heavy (non-hydrogen) atoms. The summed E-state index contributed by atoms with van der Waals surface area (Å²) in [5.41, 5.74) is -1.19. The largest absolute Gasteiger partial charge is 0.464 e. The van der Waals surface area contributed by atoms with E-state index in [2.05, 4.69) is 5.32 Å². The molecular formula is C18H22F3NO5. The van der Waals surface area contributed by atoms with Crippen molar-refractivity contribution in [3.8, 4) is 0 Å². The van der Waals surface area contributed by atoms with Crippen molar-refractivity contribution < 1.29 is 37.0 Å². The first-order valence-corrected chi connectivity index (χ1v) is 8.28. The van der Waals surface area contributed by atoms with Gasteiger partial charge in [0.05, 0.1) is 6.61 Å². The van der Waals surface area contributed by atoms with Gasteiger partial charge in [-0.15, -0.1) is 0 Å². The van der Waals surface area contributed by atoms with Gasteiger partial charge < -0.3 is 14.8 Å². The van der Waals surface area contributed by atoms with Crippen molar-refractivity contribution in [2.24, 2.45) is 0 Å². The first-order valence-electron chi connectivity index (χ1n) is 8.28. The van der Waals surface area contributed by atoms with Gasteiger partial charge in [-0.25, -0.2) is 22.8 Å². The molecule has 150 valence electrons. The summed E-state index contributed by atoms with van der Waals surface area (Å²) in [5, 5.41) is 2.30. The SMILES string of the molecule is CCOC(=O)C(CCC(=O)c1cc(F)c(F)c(F)c1)NC(=O)OC(C)(C)C. The van der Waals surface area contributed by atoms with Gasteiger partial charge in [0, 0.05) is 12.0 Å². The number of carbonyl (C=O) groups excluding carboxylic acids is 3. The predicted octanol–water partition coefficient (Wildman–Crippen LogP) is 3.52. The third kappa shape index (κ3) is 7.28. The number of Topliss-reactive ketones (excluding diaryl/α,β-unsaturated/α-hetero) is 1. The molecule has 0 aliphatic carbocycles. The average molecular weight is 389 g/mol. The number of rotatable bonds is 7. The van der Waals surface area contributed by atoms with E-state index in [1.54, 1.807) is 27.7 Å². The zero-order valence-corrected chi connectivity index (χ0v) is 15.5. The molecule has 0 radical (unpaired) electrons. The van der Waals surface area contributed by atoms with Crippen molar-refractivity contribution in [1.82, 2.24) is 5.32 Å². The molecule has 1 atom stereocenters. The van der Waals surface area contributed by atoms with Gasteiger partial charge in [-0.1, -0.05) is 0 Å². The van der Waals surface area contributed by atoms with E-state index in [0.29, 0.717) is 12.1 Å². The second-order valence-corrected chi connectivity index (χ2v) is 6.67. The van der Waals surface area contributed by atoms with Crippen LogP contribution in [0.2, 0.25) is 0 Å². The summed E-state index contributed by atoms with van der Waals surface area (Å²) >= 11 is 0. The maximum atomic E-state index is 13.2. The first-order chi connectivity index (χ1) is 12.4. The lowest BCUT2D eigenvalue weighted by Gasteiger charge is -2.22. The Morgan fingerprint density at radius 3 is 2.15 bits per heavy atom. The molecule has 0 fully saturated rings. The Morgan fingerprint density at radius 1 is 1.11 bits per heavy atom. The van der Waals surface area contributed by atoms with Gasteiger partial charge in [0.1, 0.15) is 11.6 Å². The number of alkyl carbamates (subject to hydrolysis) is 1. The Bertz CT molecular complexity index is 692. The van der Waals surface area contributed by atoms with Crippen LogP contribution in [0.15, 0.2) is 12.1 Å². The van der Waals surface area contributed by atoms with E-state index in [1.807, 2.05) is 0 Å². The van der Waals surface area contributed by atoms with Gasteiger partial charge in [-0.05, 0) is 46.2 Å². The highest BCUT2D eigenvalue weighted by molar-refractivity contribution is 5.96. The number of ether oxygens (including phenoxy) is 2. The third-order valence-corrected chi connectivity index (χ3v) is 3.23. The molecule has 0 heterocycles. The Kier molecular flexibility index (Phi) is 7.81. The molecule has 9 heteroatoms. The number of ketones is 1. The van der Waals surface area contributed by atoms with Crippen molar-refractivity contribution in [3.63, 3.8) is 0 Å². The number of benzene rings is 1. The fourth-order valence-corrected chi connectivity index (χ4v) is 2.08. The third-order valence-electron chi connectivity index (χ3n) is 3.23. The molecule has 1 amide bonds. The Hall–Kier alpha value is -2.58. The molecule has 0 saturated carbocycles. The van der Waals surface area contributed by atoms with Crippen molar-refractivity contribution in [1.29, 1.82) is 0 Å². The normalized spacial score (nSPS) is 12.3. The van der Waals surface area contributed by atoms with Crippen molar-refractivity contribution in [3.05, 3.63) is 35.1 Å². The molecule has 1 rings (SSSR count). The highest BCUT2D eigenvalue weighted by Crippen LogP contribution is 2.16. The minimum Gasteiger partial charge on any atom is -0.464 e. The van der Waals surface area contributed by atoms with Crippen LogP contribution in [-0.2, 0) is 14.3 Å². The van der Waals surface area contributed by atoms with Gasteiger partial charge >= 0.3 is 12.1 Å². The Morgan fingerprint density at radius 2 is 1.67 bits per heavy atom. The standard InChI is InChI=1S/C18H22F3NO5/c1-5-26-16(24)13(22-17(25)27-18(2,3)4)6-7-14(23)10-8-11(19)15(21)12(20)9-10/h8-9,13H,5-7H2,1-4H3,(H,22,25). The van der Waals surface area contributed by atoms with Gasteiger partial charge in [0.2, 0.25) is 0 Å². The summed E-state index contributed by atoms with van der Waals surface area (Å²) in [5.74, 6) is -6.18. The van der Waals surface area contributed by atoms with Crippen molar-refractivity contribution >= 4 is 17.8 Å². The monoisotopic (exact) mass is 389 g/mol. The number of nitrogens with one attached hydrogen (secondary N) is 1. The molecular weight excluding hydrogens is 367 g/mol. The summed E-state index contributed by atoms with van der Waals surface area (Å²) < 4.78 is 49.3. The van der Waals surface area contributed by atoms with Crippen LogP contribution in [0, 0.1) is 17.5 Å². The Balaban J connectivity index is 2.82. The van der Waals surface area contributed by atoms with E-state index < -0.39 is 46.9 Å². The Labute approximate surface area is 155 Å². The van der Waals surface area contributed by atoms with E-state index in [4.69, 9.17) is 9.47 Å². The summed E-state index contributed by atoms with van der Waals surface area (Å²) in [4.78, 5) is 35.9. The minimum absolute atomic E-state index is 0.0493. The van der Waals surface area contributed by atoms with Crippen molar-refractivity contribution in [2.45, 2.75) is 52.2 Å². The number of hydrogen-bond donors (Lipinski definition) is 1. The maximum absolute atomic E-state index is 13.2. The maximum Gasteiger partial charge on any atom is 0.408 e. The predicted molar refractivity (Wildman–Crippen MR) is 89.7 cm³/mol. The number of halogens is 3. The zero-order chi connectivity index (χ0) is 20.8. The summed E-state index contributed by atoms with van der Waals surface area (Å²) in [6.07, 6.45) is -1.42. The van der Waals surface area contributed by atoms with Crippen LogP contribution in [0.5, 0.6) is 0 Å². The van der Waals surface area contributed by atoms with Crippen molar-refractivity contribution in [2.75, 3.05) is 6.61 Å². The van der Waals surface area contributed by atoms with Crippen LogP contribution in [0.25, 0.3) is 0 Å². The summed E-state index contributed by atoms with van der Waals surface area (Å²) in [6, 6.07) is -0.0538. The van der Waals surface area contributed by atoms with Gasteiger partial charge in [0.15, 0.2) is 23.2 Å². The van der Waals surface area contributed by atoms with Crippen LogP contribution in [0.1, 0.15) is 50.9 Å². The van der Waals surface area contributed by atoms with Crippen LogP contribution in [0.3, 0.4) is 0 Å². The number of amides is 1. The highest BCUT2D eigenvalue weighted by atomic mass is 19.2. The molecule has 0 aliphatic heterocycles. The molecule has 0 aromatic heterocycles. The lowest BCUT2D eigenvalue weighted by molar-refractivity contribution is -0.145. The number of carbonyl (C=O) groups is 3. The van der Waals surface area contributed by atoms with E-state index in [1.165, 1.54) is 0 Å². The average Bonchev–Trinajstić information content (AvgIpc) is 2.54. The summed E-state index contributed by atoms with van der Waals surface area (Å²) in [6.45, 7) is 6.51. The molecule has 1 N–H and O–H groups in total. The second kappa shape index (κ2) is 9.38. The number of esters is 1. The molecule has 6 nitrogen and oxygen atoms in total. The fraction of sp³-hybridized carbons (Fsp3) is 0.500. The number of hydrogen-bond acceptors (Lipinski definition) is 5. The second-order valence-electron chi connectivity index (χ2n) is 6.67. The fourth-order valence-electron chi connectivity index (χ4n) is 2.08.